The highest BCUT2D eigenvalue weighted by atomic mass is 16.2. The number of fused-ring (bicyclic) bond motifs is 1. The number of ketones is 3. The number of anilines is 1. The third-order valence-electron chi connectivity index (χ3n) is 3.79. The van der Waals surface area contributed by atoms with Crippen LogP contribution in [-0.4, -0.2) is 29.3 Å². The van der Waals surface area contributed by atoms with Crippen LogP contribution < -0.4 is 4.90 Å². The fraction of sp³-hybridized carbons (Fsp3) is 0.111. The van der Waals surface area contributed by atoms with Crippen LogP contribution in [-0.2, 0) is 9.59 Å². The topological polar surface area (TPSA) is 71.5 Å². The molecule has 0 saturated heterocycles. The van der Waals surface area contributed by atoms with Crippen molar-refractivity contribution in [2.75, 3.05) is 4.90 Å². The summed E-state index contributed by atoms with van der Waals surface area (Å²) in [5, 5.41) is 0. The first-order chi connectivity index (χ1) is 11.0. The first kappa shape index (κ1) is 14.8. The van der Waals surface area contributed by atoms with E-state index in [1.807, 2.05) is 0 Å². The molecule has 0 unspecified atom stereocenters. The number of carbonyl (C=O) groups is 4. The molecule has 0 radical (unpaired) electrons. The number of nitrogens with zero attached hydrogens (tertiary/aromatic N) is 1. The minimum atomic E-state index is -1.45. The van der Waals surface area contributed by atoms with Crippen molar-refractivity contribution in [2.24, 2.45) is 0 Å². The molecular formula is C18H13NO4. The Bertz CT molecular complexity index is 826. The highest BCUT2D eigenvalue weighted by Crippen LogP contribution is 2.26. The molecule has 5 heteroatoms. The van der Waals surface area contributed by atoms with Gasteiger partial charge in [0.15, 0.2) is 11.8 Å². The molecular weight excluding hydrogens is 294 g/mol. The summed E-state index contributed by atoms with van der Waals surface area (Å²) < 4.78 is 0. The molecule has 0 spiro atoms. The minimum absolute atomic E-state index is 0.0929. The summed E-state index contributed by atoms with van der Waals surface area (Å²) in [6.07, 6.45) is 0. The summed E-state index contributed by atoms with van der Waals surface area (Å²) >= 11 is 0. The summed E-state index contributed by atoms with van der Waals surface area (Å²) in [4.78, 5) is 50.6. The number of amides is 1. The highest BCUT2D eigenvalue weighted by molar-refractivity contribution is 6.54. The van der Waals surface area contributed by atoms with Crippen LogP contribution in [0.1, 0.15) is 27.6 Å². The molecule has 2 aromatic rings. The van der Waals surface area contributed by atoms with Crippen molar-refractivity contribution >= 4 is 28.9 Å². The van der Waals surface area contributed by atoms with Crippen LogP contribution >= 0.6 is 0 Å². The molecule has 1 atom stereocenters. The van der Waals surface area contributed by atoms with Gasteiger partial charge in [-0.25, -0.2) is 0 Å². The van der Waals surface area contributed by atoms with Crippen LogP contribution in [0.15, 0.2) is 54.6 Å². The molecule has 23 heavy (non-hydrogen) atoms. The Labute approximate surface area is 132 Å². The van der Waals surface area contributed by atoms with E-state index < -0.39 is 29.3 Å². The SMILES string of the molecule is CC(=O)N(c1ccccc1)[C@@H]1C(=O)C(=O)c2ccccc2C1=O. The lowest BCUT2D eigenvalue weighted by atomic mass is 9.84. The molecule has 0 saturated carbocycles. The van der Waals surface area contributed by atoms with Gasteiger partial charge >= 0.3 is 0 Å². The van der Waals surface area contributed by atoms with Crippen LogP contribution in [0.4, 0.5) is 5.69 Å². The molecule has 114 valence electrons. The molecule has 1 aliphatic rings. The van der Waals surface area contributed by atoms with E-state index in [9.17, 15) is 19.2 Å². The van der Waals surface area contributed by atoms with E-state index in [4.69, 9.17) is 0 Å². The monoisotopic (exact) mass is 307 g/mol. The second-order valence-electron chi connectivity index (χ2n) is 5.23. The lowest BCUT2D eigenvalue weighted by Crippen LogP contribution is -2.54. The van der Waals surface area contributed by atoms with E-state index >= 15 is 0 Å². The van der Waals surface area contributed by atoms with Gasteiger partial charge in [0, 0.05) is 23.7 Å². The molecule has 0 aliphatic heterocycles. The normalized spacial score (nSPS) is 16.9. The smallest absolute Gasteiger partial charge is 0.234 e. The van der Waals surface area contributed by atoms with Gasteiger partial charge in [0.1, 0.15) is 0 Å². The van der Waals surface area contributed by atoms with E-state index in [-0.39, 0.29) is 11.1 Å². The van der Waals surface area contributed by atoms with Gasteiger partial charge in [-0.3, -0.25) is 24.1 Å². The summed E-state index contributed by atoms with van der Waals surface area (Å²) in [6, 6.07) is 13.1. The van der Waals surface area contributed by atoms with E-state index in [2.05, 4.69) is 0 Å². The van der Waals surface area contributed by atoms with Crippen LogP contribution in [0, 0.1) is 0 Å². The van der Waals surface area contributed by atoms with Crippen molar-refractivity contribution < 1.29 is 19.2 Å². The summed E-state index contributed by atoms with van der Waals surface area (Å²) in [7, 11) is 0. The minimum Gasteiger partial charge on any atom is -0.294 e. The zero-order valence-corrected chi connectivity index (χ0v) is 12.4. The Kier molecular flexibility index (Phi) is 3.62. The first-order valence-corrected chi connectivity index (χ1v) is 7.09. The Morgan fingerprint density at radius 3 is 2.00 bits per heavy atom. The second kappa shape index (κ2) is 5.61. The lowest BCUT2D eigenvalue weighted by molar-refractivity contribution is -0.121. The highest BCUT2D eigenvalue weighted by Gasteiger charge is 2.44. The van der Waals surface area contributed by atoms with Crippen molar-refractivity contribution in [1.82, 2.24) is 0 Å². The molecule has 1 aliphatic carbocycles. The number of hydrogen-bond donors (Lipinski definition) is 0. The van der Waals surface area contributed by atoms with E-state index in [0.717, 1.165) is 4.90 Å². The molecule has 2 aromatic carbocycles. The van der Waals surface area contributed by atoms with Gasteiger partial charge in [0.2, 0.25) is 17.5 Å². The van der Waals surface area contributed by atoms with Gasteiger partial charge in [-0.05, 0) is 12.1 Å². The zero-order chi connectivity index (χ0) is 16.6. The third-order valence-corrected chi connectivity index (χ3v) is 3.79. The standard InChI is InChI=1S/C18H13NO4/c1-11(20)19(12-7-3-2-4-8-12)15-16(21)13-9-5-6-10-14(13)17(22)18(15)23/h2-10,15H,1H3/t15-/m0/s1. The Hall–Kier alpha value is -3.08. The maximum atomic E-state index is 12.7. The average molecular weight is 307 g/mol. The maximum absolute atomic E-state index is 12.7. The Balaban J connectivity index is 2.15. The zero-order valence-electron chi connectivity index (χ0n) is 12.4. The second-order valence-corrected chi connectivity index (χ2v) is 5.23. The van der Waals surface area contributed by atoms with E-state index in [1.165, 1.54) is 19.1 Å². The van der Waals surface area contributed by atoms with E-state index in [1.54, 1.807) is 42.5 Å². The number of para-hydroxylation sites is 1. The summed E-state index contributed by atoms with van der Waals surface area (Å²) in [5.41, 5.74) is 0.665. The molecule has 0 heterocycles. The predicted molar refractivity (Wildman–Crippen MR) is 83.5 cm³/mol. The van der Waals surface area contributed by atoms with E-state index in [0.29, 0.717) is 5.69 Å². The first-order valence-electron chi connectivity index (χ1n) is 7.09. The van der Waals surface area contributed by atoms with Gasteiger partial charge in [-0.2, -0.15) is 0 Å². The fourth-order valence-corrected chi connectivity index (χ4v) is 2.76. The van der Waals surface area contributed by atoms with Crippen molar-refractivity contribution in [3.05, 3.63) is 65.7 Å². The summed E-state index contributed by atoms with van der Waals surface area (Å²) in [5.74, 6) is -2.64. The van der Waals surface area contributed by atoms with Gasteiger partial charge < -0.3 is 0 Å². The van der Waals surface area contributed by atoms with Crippen LogP contribution in [0.5, 0.6) is 0 Å². The lowest BCUT2D eigenvalue weighted by Gasteiger charge is -2.31. The Morgan fingerprint density at radius 1 is 0.826 bits per heavy atom. The van der Waals surface area contributed by atoms with Crippen LogP contribution in [0.3, 0.4) is 0 Å². The summed E-state index contributed by atoms with van der Waals surface area (Å²) in [6.45, 7) is 1.26. The molecule has 5 nitrogen and oxygen atoms in total. The van der Waals surface area contributed by atoms with Crippen molar-refractivity contribution in [1.29, 1.82) is 0 Å². The number of hydrogen-bond acceptors (Lipinski definition) is 4. The fourth-order valence-electron chi connectivity index (χ4n) is 2.76. The molecule has 3 rings (SSSR count). The van der Waals surface area contributed by atoms with Gasteiger partial charge in [-0.1, -0.05) is 42.5 Å². The third kappa shape index (κ3) is 2.36. The predicted octanol–water partition coefficient (Wildman–Crippen LogP) is 2.06. The number of rotatable bonds is 2. The quantitative estimate of drug-likeness (QED) is 0.629. The molecule has 0 bridgehead atoms. The average Bonchev–Trinajstić information content (AvgIpc) is 2.57. The van der Waals surface area contributed by atoms with Crippen molar-refractivity contribution in [3.63, 3.8) is 0 Å². The van der Waals surface area contributed by atoms with Gasteiger partial charge in [0.05, 0.1) is 0 Å². The Morgan fingerprint density at radius 2 is 1.39 bits per heavy atom. The maximum Gasteiger partial charge on any atom is 0.234 e. The van der Waals surface area contributed by atoms with Crippen LogP contribution in [0.2, 0.25) is 0 Å². The molecule has 0 N–H and O–H groups in total. The molecule has 0 fully saturated rings. The molecule has 0 aromatic heterocycles. The number of benzene rings is 2. The van der Waals surface area contributed by atoms with Gasteiger partial charge in [-0.15, -0.1) is 0 Å². The van der Waals surface area contributed by atoms with Crippen LogP contribution in [0.25, 0.3) is 0 Å². The van der Waals surface area contributed by atoms with Crippen molar-refractivity contribution in [2.45, 2.75) is 13.0 Å². The number of carbonyl (C=O) groups excluding carboxylic acids is 4. The van der Waals surface area contributed by atoms with Gasteiger partial charge in [0.25, 0.3) is 0 Å². The molecule has 1 amide bonds. The van der Waals surface area contributed by atoms with Crippen molar-refractivity contribution in [3.8, 4) is 0 Å². The number of Topliss-reactive ketones (excluding diaryl/α,β-unsaturated/α-hetero) is 3. The largest absolute Gasteiger partial charge is 0.294 e.